The van der Waals surface area contributed by atoms with E-state index in [-0.39, 0.29) is 5.92 Å². The lowest BCUT2D eigenvalue weighted by Crippen LogP contribution is -2.25. The first kappa shape index (κ1) is 12.5. The number of hydrogen-bond acceptors (Lipinski definition) is 0. The van der Waals surface area contributed by atoms with Gasteiger partial charge in [-0.2, -0.15) is 0 Å². The molecule has 0 aromatic rings. The van der Waals surface area contributed by atoms with E-state index in [1.807, 2.05) is 13.0 Å². The van der Waals surface area contributed by atoms with Gasteiger partial charge in [-0.25, -0.2) is 13.2 Å². The van der Waals surface area contributed by atoms with Gasteiger partial charge in [0, 0.05) is 11.8 Å². The molecule has 0 saturated heterocycles. The van der Waals surface area contributed by atoms with Crippen LogP contribution in [0.25, 0.3) is 0 Å². The molecule has 4 unspecified atom stereocenters. The SMILES string of the molecule is CC1C(F)=CC(C2C=C[C@@H](C)CC2F)=CC1F. The van der Waals surface area contributed by atoms with E-state index in [4.69, 9.17) is 0 Å². The summed E-state index contributed by atoms with van der Waals surface area (Å²) in [5.41, 5.74) is 0.434. The van der Waals surface area contributed by atoms with Crippen LogP contribution in [0, 0.1) is 17.8 Å². The Morgan fingerprint density at radius 2 is 1.88 bits per heavy atom. The van der Waals surface area contributed by atoms with Crippen LogP contribution >= 0.6 is 0 Å². The number of rotatable bonds is 1. The molecule has 0 nitrogen and oxygen atoms in total. The highest BCUT2D eigenvalue weighted by Crippen LogP contribution is 2.36. The standard InChI is InChI=1S/C14H17F3/c1-8-3-4-11(14(17)5-8)10-6-12(15)9(2)13(16)7-10/h3-4,6-9,11-12,14H,5H2,1-2H3/t8-,9?,11?,12?,14?/m1/s1. The van der Waals surface area contributed by atoms with Crippen LogP contribution < -0.4 is 0 Å². The van der Waals surface area contributed by atoms with Crippen LogP contribution in [0.2, 0.25) is 0 Å². The van der Waals surface area contributed by atoms with Gasteiger partial charge < -0.3 is 0 Å². The van der Waals surface area contributed by atoms with Crippen molar-refractivity contribution in [2.45, 2.75) is 32.6 Å². The molecule has 0 amide bonds. The van der Waals surface area contributed by atoms with Crippen molar-refractivity contribution in [1.82, 2.24) is 0 Å². The molecule has 0 heterocycles. The first-order chi connectivity index (χ1) is 7.99. The van der Waals surface area contributed by atoms with Gasteiger partial charge in [0.25, 0.3) is 0 Å². The van der Waals surface area contributed by atoms with E-state index < -0.39 is 30.0 Å². The second-order valence-electron chi connectivity index (χ2n) is 5.07. The van der Waals surface area contributed by atoms with Crippen LogP contribution in [0.15, 0.2) is 35.7 Å². The minimum Gasteiger partial charge on any atom is -0.246 e. The van der Waals surface area contributed by atoms with Crippen LogP contribution in [0.1, 0.15) is 20.3 Å². The Bertz CT molecular complexity index is 381. The fraction of sp³-hybridized carbons (Fsp3) is 0.571. The Kier molecular flexibility index (Phi) is 3.45. The molecule has 0 radical (unpaired) electrons. The highest BCUT2D eigenvalue weighted by atomic mass is 19.1. The number of hydrogen-bond donors (Lipinski definition) is 0. The molecule has 0 fully saturated rings. The molecule has 0 aromatic carbocycles. The average molecular weight is 242 g/mol. The van der Waals surface area contributed by atoms with Crippen LogP contribution in [0.4, 0.5) is 13.2 Å². The van der Waals surface area contributed by atoms with Gasteiger partial charge in [0.1, 0.15) is 18.2 Å². The maximum Gasteiger partial charge on any atom is 0.128 e. The van der Waals surface area contributed by atoms with Crippen molar-refractivity contribution in [3.63, 3.8) is 0 Å². The molecule has 17 heavy (non-hydrogen) atoms. The van der Waals surface area contributed by atoms with Gasteiger partial charge in [0.15, 0.2) is 0 Å². The fourth-order valence-electron chi connectivity index (χ4n) is 2.36. The van der Waals surface area contributed by atoms with Gasteiger partial charge >= 0.3 is 0 Å². The Labute approximate surface area is 99.9 Å². The molecule has 0 N–H and O–H groups in total. The van der Waals surface area contributed by atoms with Crippen molar-refractivity contribution < 1.29 is 13.2 Å². The predicted octanol–water partition coefficient (Wildman–Crippen LogP) is 4.30. The average Bonchev–Trinajstić information content (AvgIpc) is 2.25. The third kappa shape index (κ3) is 2.48. The number of allylic oxidation sites excluding steroid dienone is 6. The van der Waals surface area contributed by atoms with E-state index in [0.717, 1.165) is 0 Å². The summed E-state index contributed by atoms with van der Waals surface area (Å²) in [4.78, 5) is 0. The Balaban J connectivity index is 2.24. The van der Waals surface area contributed by atoms with E-state index in [0.29, 0.717) is 12.0 Å². The first-order valence-corrected chi connectivity index (χ1v) is 6.04. The molecule has 0 saturated carbocycles. The highest BCUT2D eigenvalue weighted by molar-refractivity contribution is 5.35. The molecule has 3 heteroatoms. The van der Waals surface area contributed by atoms with Crippen molar-refractivity contribution in [3.05, 3.63) is 35.7 Å². The molecule has 0 aromatic heterocycles. The summed E-state index contributed by atoms with van der Waals surface area (Å²) in [6, 6.07) is 0. The van der Waals surface area contributed by atoms with Gasteiger partial charge in [0.2, 0.25) is 0 Å². The van der Waals surface area contributed by atoms with Gasteiger partial charge in [-0.1, -0.05) is 26.0 Å². The summed E-state index contributed by atoms with van der Waals surface area (Å²) in [7, 11) is 0. The predicted molar refractivity (Wildman–Crippen MR) is 62.6 cm³/mol. The topological polar surface area (TPSA) is 0 Å². The van der Waals surface area contributed by atoms with Crippen molar-refractivity contribution in [2.75, 3.05) is 0 Å². The Morgan fingerprint density at radius 1 is 1.18 bits per heavy atom. The minimum atomic E-state index is -1.35. The minimum absolute atomic E-state index is 0.194. The molecule has 0 bridgehead atoms. The normalized spacial score (nSPS) is 42.1. The van der Waals surface area contributed by atoms with Gasteiger partial charge in [-0.3, -0.25) is 0 Å². The van der Waals surface area contributed by atoms with Crippen molar-refractivity contribution in [3.8, 4) is 0 Å². The third-order valence-corrected chi connectivity index (χ3v) is 3.59. The summed E-state index contributed by atoms with van der Waals surface area (Å²) in [5, 5.41) is 0. The highest BCUT2D eigenvalue weighted by Gasteiger charge is 2.31. The van der Waals surface area contributed by atoms with Crippen LogP contribution in [-0.2, 0) is 0 Å². The lowest BCUT2D eigenvalue weighted by molar-refractivity contribution is 0.233. The molecule has 2 rings (SSSR count). The fourth-order valence-corrected chi connectivity index (χ4v) is 2.36. The lowest BCUT2D eigenvalue weighted by atomic mass is 9.80. The molecular formula is C14H17F3. The zero-order valence-corrected chi connectivity index (χ0v) is 10.0. The van der Waals surface area contributed by atoms with E-state index in [9.17, 15) is 13.2 Å². The number of halogens is 3. The van der Waals surface area contributed by atoms with Crippen molar-refractivity contribution in [1.29, 1.82) is 0 Å². The summed E-state index contributed by atoms with van der Waals surface area (Å²) in [6.07, 6.45) is 4.31. The van der Waals surface area contributed by atoms with E-state index in [1.165, 1.54) is 19.1 Å². The molecule has 2 aliphatic carbocycles. The van der Waals surface area contributed by atoms with Gasteiger partial charge in [-0.05, 0) is 30.1 Å². The van der Waals surface area contributed by atoms with Gasteiger partial charge in [0.05, 0.1) is 0 Å². The molecular weight excluding hydrogens is 225 g/mol. The van der Waals surface area contributed by atoms with Crippen LogP contribution in [-0.4, -0.2) is 12.3 Å². The van der Waals surface area contributed by atoms with E-state index >= 15 is 0 Å². The van der Waals surface area contributed by atoms with Gasteiger partial charge in [-0.15, -0.1) is 0 Å². The summed E-state index contributed by atoms with van der Waals surface area (Å²) in [6.45, 7) is 3.43. The zero-order valence-electron chi connectivity index (χ0n) is 10.0. The maximum absolute atomic E-state index is 13.9. The second kappa shape index (κ2) is 4.71. The summed E-state index contributed by atoms with van der Waals surface area (Å²) < 4.78 is 40.9. The van der Waals surface area contributed by atoms with Crippen LogP contribution in [0.3, 0.4) is 0 Å². The molecule has 2 aliphatic rings. The first-order valence-electron chi connectivity index (χ1n) is 6.04. The third-order valence-electron chi connectivity index (χ3n) is 3.59. The monoisotopic (exact) mass is 242 g/mol. The van der Waals surface area contributed by atoms with Crippen molar-refractivity contribution >= 4 is 0 Å². The summed E-state index contributed by atoms with van der Waals surface area (Å²) >= 11 is 0. The number of alkyl halides is 2. The quantitative estimate of drug-likeness (QED) is 0.601. The molecule has 5 atom stereocenters. The second-order valence-corrected chi connectivity index (χ2v) is 5.07. The largest absolute Gasteiger partial charge is 0.246 e. The van der Waals surface area contributed by atoms with E-state index in [2.05, 4.69) is 0 Å². The molecule has 0 spiro atoms. The maximum atomic E-state index is 13.9. The molecule has 94 valence electrons. The van der Waals surface area contributed by atoms with Crippen molar-refractivity contribution in [2.24, 2.45) is 17.8 Å². The molecule has 0 aliphatic heterocycles. The lowest BCUT2D eigenvalue weighted by Gasteiger charge is -2.28. The Hall–Kier alpha value is -0.990. The Morgan fingerprint density at radius 3 is 2.47 bits per heavy atom. The summed E-state index contributed by atoms with van der Waals surface area (Å²) in [5.74, 6) is -1.54. The smallest absolute Gasteiger partial charge is 0.128 e. The van der Waals surface area contributed by atoms with E-state index in [1.54, 1.807) is 6.08 Å². The zero-order chi connectivity index (χ0) is 12.6. The van der Waals surface area contributed by atoms with Crippen LogP contribution in [0.5, 0.6) is 0 Å².